The molecule has 1 amide bonds. The predicted molar refractivity (Wildman–Crippen MR) is 82.4 cm³/mol. The SMILES string of the molecule is Cc1ccc(C(=O)N[C@H](C)Cc2c(C)nn(C)c2C)s1. The second-order valence-electron chi connectivity index (χ2n) is 5.26. The lowest BCUT2D eigenvalue weighted by molar-refractivity contribution is 0.0944. The van der Waals surface area contributed by atoms with Crippen molar-refractivity contribution in [2.75, 3.05) is 0 Å². The smallest absolute Gasteiger partial charge is 0.261 e. The molecule has 4 nitrogen and oxygen atoms in total. The molecular formula is C15H21N3OS. The lowest BCUT2D eigenvalue weighted by Gasteiger charge is -2.13. The van der Waals surface area contributed by atoms with Crippen LogP contribution in [0.3, 0.4) is 0 Å². The summed E-state index contributed by atoms with van der Waals surface area (Å²) >= 11 is 1.53. The highest BCUT2D eigenvalue weighted by molar-refractivity contribution is 7.13. The first-order valence-electron chi connectivity index (χ1n) is 6.75. The van der Waals surface area contributed by atoms with Crippen molar-refractivity contribution in [2.45, 2.75) is 40.2 Å². The van der Waals surface area contributed by atoms with E-state index < -0.39 is 0 Å². The van der Waals surface area contributed by atoms with Crippen molar-refractivity contribution in [3.8, 4) is 0 Å². The van der Waals surface area contributed by atoms with Gasteiger partial charge in [0.05, 0.1) is 10.6 Å². The highest BCUT2D eigenvalue weighted by atomic mass is 32.1. The first kappa shape index (κ1) is 14.8. The number of hydrogen-bond acceptors (Lipinski definition) is 3. The van der Waals surface area contributed by atoms with Gasteiger partial charge in [-0.05, 0) is 51.8 Å². The molecule has 0 aliphatic rings. The van der Waals surface area contributed by atoms with Gasteiger partial charge in [-0.25, -0.2) is 0 Å². The van der Waals surface area contributed by atoms with Crippen LogP contribution in [0.25, 0.3) is 0 Å². The normalized spacial score (nSPS) is 12.4. The number of nitrogens with zero attached hydrogens (tertiary/aromatic N) is 2. The summed E-state index contributed by atoms with van der Waals surface area (Å²) in [4.78, 5) is 14.0. The number of carbonyl (C=O) groups is 1. The molecule has 0 fully saturated rings. The average Bonchev–Trinajstić information content (AvgIpc) is 2.89. The number of thiophene rings is 1. The van der Waals surface area contributed by atoms with Crippen LogP contribution in [0.2, 0.25) is 0 Å². The summed E-state index contributed by atoms with van der Waals surface area (Å²) in [5, 5.41) is 7.47. The van der Waals surface area contributed by atoms with E-state index in [0.717, 1.165) is 27.6 Å². The molecule has 0 aliphatic carbocycles. The second kappa shape index (κ2) is 5.79. The first-order chi connectivity index (χ1) is 9.38. The van der Waals surface area contributed by atoms with Crippen LogP contribution in [0.4, 0.5) is 0 Å². The molecule has 0 aromatic carbocycles. The van der Waals surface area contributed by atoms with Gasteiger partial charge in [0.25, 0.3) is 5.91 Å². The van der Waals surface area contributed by atoms with Crippen LogP contribution in [-0.2, 0) is 13.5 Å². The average molecular weight is 291 g/mol. The molecular weight excluding hydrogens is 270 g/mol. The lowest BCUT2D eigenvalue weighted by atomic mass is 10.1. The van der Waals surface area contributed by atoms with Crippen LogP contribution in [0.15, 0.2) is 12.1 Å². The minimum atomic E-state index is 0.00907. The minimum Gasteiger partial charge on any atom is -0.349 e. The maximum atomic E-state index is 12.1. The zero-order valence-corrected chi connectivity index (χ0v) is 13.5. The number of amides is 1. The van der Waals surface area contributed by atoms with E-state index in [1.54, 1.807) is 0 Å². The molecule has 2 rings (SSSR count). The van der Waals surface area contributed by atoms with Gasteiger partial charge in [0.2, 0.25) is 0 Å². The van der Waals surface area contributed by atoms with Gasteiger partial charge >= 0.3 is 0 Å². The third-order valence-corrected chi connectivity index (χ3v) is 4.51. The monoisotopic (exact) mass is 291 g/mol. The lowest BCUT2D eigenvalue weighted by Crippen LogP contribution is -2.33. The van der Waals surface area contributed by atoms with E-state index in [0.29, 0.717) is 0 Å². The largest absolute Gasteiger partial charge is 0.349 e. The summed E-state index contributed by atoms with van der Waals surface area (Å²) in [5.74, 6) is 0.00907. The summed E-state index contributed by atoms with van der Waals surface area (Å²) in [6, 6.07) is 3.94. The van der Waals surface area contributed by atoms with Crippen LogP contribution in [0.5, 0.6) is 0 Å². The van der Waals surface area contributed by atoms with Crippen molar-refractivity contribution in [3.63, 3.8) is 0 Å². The number of carbonyl (C=O) groups excluding carboxylic acids is 1. The van der Waals surface area contributed by atoms with Crippen LogP contribution in [-0.4, -0.2) is 21.7 Å². The Morgan fingerprint density at radius 2 is 2.10 bits per heavy atom. The first-order valence-corrected chi connectivity index (χ1v) is 7.56. The van der Waals surface area contributed by atoms with Crippen LogP contribution in [0.1, 0.15) is 38.4 Å². The molecule has 2 aromatic rings. The van der Waals surface area contributed by atoms with Crippen molar-refractivity contribution in [3.05, 3.63) is 38.8 Å². The maximum absolute atomic E-state index is 12.1. The molecule has 0 unspecified atom stereocenters. The summed E-state index contributed by atoms with van der Waals surface area (Å²) in [7, 11) is 1.95. The van der Waals surface area contributed by atoms with Crippen LogP contribution in [0, 0.1) is 20.8 Å². The van der Waals surface area contributed by atoms with E-state index in [4.69, 9.17) is 0 Å². The number of nitrogens with one attached hydrogen (secondary N) is 1. The molecule has 0 aliphatic heterocycles. The summed E-state index contributed by atoms with van der Waals surface area (Å²) in [5.41, 5.74) is 3.43. The Labute approximate surface area is 123 Å². The van der Waals surface area contributed by atoms with E-state index in [-0.39, 0.29) is 11.9 Å². The molecule has 5 heteroatoms. The van der Waals surface area contributed by atoms with Gasteiger partial charge in [-0.2, -0.15) is 5.10 Å². The molecule has 0 bridgehead atoms. The number of aromatic nitrogens is 2. The standard InChI is InChI=1S/C15H21N3OS/c1-9(8-13-11(3)17-18(5)12(13)4)16-15(19)14-7-6-10(2)20-14/h6-7,9H,8H2,1-5H3,(H,16,19)/t9-/m1/s1. The second-order valence-corrected chi connectivity index (χ2v) is 6.55. The van der Waals surface area contributed by atoms with Gasteiger partial charge in [0.1, 0.15) is 0 Å². The Morgan fingerprint density at radius 3 is 2.60 bits per heavy atom. The summed E-state index contributed by atoms with van der Waals surface area (Å²) < 4.78 is 1.89. The number of aryl methyl sites for hydroxylation is 3. The van der Waals surface area contributed by atoms with E-state index >= 15 is 0 Å². The summed E-state index contributed by atoms with van der Waals surface area (Å²) in [6.45, 7) is 8.11. The molecule has 108 valence electrons. The van der Waals surface area contributed by atoms with Gasteiger partial charge in [-0.3, -0.25) is 9.48 Å². The molecule has 2 aromatic heterocycles. The highest BCUT2D eigenvalue weighted by Gasteiger charge is 2.16. The predicted octanol–water partition coefficient (Wildman–Crippen LogP) is 2.77. The fourth-order valence-electron chi connectivity index (χ4n) is 2.32. The van der Waals surface area contributed by atoms with Crippen molar-refractivity contribution < 1.29 is 4.79 Å². The molecule has 0 saturated heterocycles. The number of rotatable bonds is 4. The fourth-order valence-corrected chi connectivity index (χ4v) is 3.09. The fraction of sp³-hybridized carbons (Fsp3) is 0.467. The Balaban J connectivity index is 2.02. The molecule has 0 spiro atoms. The van der Waals surface area contributed by atoms with Gasteiger partial charge in [-0.1, -0.05) is 0 Å². The zero-order chi connectivity index (χ0) is 14.9. The third kappa shape index (κ3) is 3.10. The van der Waals surface area contributed by atoms with Crippen molar-refractivity contribution in [1.29, 1.82) is 0 Å². The molecule has 1 atom stereocenters. The molecule has 20 heavy (non-hydrogen) atoms. The minimum absolute atomic E-state index is 0.00907. The zero-order valence-electron chi connectivity index (χ0n) is 12.7. The van der Waals surface area contributed by atoms with Crippen LogP contribution >= 0.6 is 11.3 Å². The van der Waals surface area contributed by atoms with Gasteiger partial charge in [0, 0.05) is 23.7 Å². The molecule has 1 N–H and O–H groups in total. The Kier molecular flexibility index (Phi) is 4.28. The Bertz CT molecular complexity index is 627. The number of hydrogen-bond donors (Lipinski definition) is 1. The van der Waals surface area contributed by atoms with Crippen molar-refractivity contribution in [1.82, 2.24) is 15.1 Å². The third-order valence-electron chi connectivity index (χ3n) is 3.51. The van der Waals surface area contributed by atoms with Gasteiger partial charge < -0.3 is 5.32 Å². The van der Waals surface area contributed by atoms with E-state index in [2.05, 4.69) is 17.3 Å². The van der Waals surface area contributed by atoms with Crippen LogP contribution < -0.4 is 5.32 Å². The Hall–Kier alpha value is -1.62. The quantitative estimate of drug-likeness (QED) is 0.941. The summed E-state index contributed by atoms with van der Waals surface area (Å²) in [6.07, 6.45) is 0.807. The van der Waals surface area contributed by atoms with Gasteiger partial charge in [0.15, 0.2) is 0 Å². The Morgan fingerprint density at radius 1 is 1.40 bits per heavy atom. The topological polar surface area (TPSA) is 46.9 Å². The van der Waals surface area contributed by atoms with E-state index in [9.17, 15) is 4.79 Å². The van der Waals surface area contributed by atoms with Crippen molar-refractivity contribution in [2.24, 2.45) is 7.05 Å². The van der Waals surface area contributed by atoms with E-state index in [1.807, 2.05) is 44.6 Å². The van der Waals surface area contributed by atoms with Crippen molar-refractivity contribution >= 4 is 17.2 Å². The molecule has 2 heterocycles. The highest BCUT2D eigenvalue weighted by Crippen LogP contribution is 2.17. The van der Waals surface area contributed by atoms with Gasteiger partial charge in [-0.15, -0.1) is 11.3 Å². The van der Waals surface area contributed by atoms with E-state index in [1.165, 1.54) is 16.9 Å². The molecule has 0 saturated carbocycles. The maximum Gasteiger partial charge on any atom is 0.261 e. The molecule has 0 radical (unpaired) electrons.